The van der Waals surface area contributed by atoms with Crippen molar-refractivity contribution in [1.82, 2.24) is 19.9 Å². The van der Waals surface area contributed by atoms with Gasteiger partial charge in [-0.1, -0.05) is 17.7 Å². The van der Waals surface area contributed by atoms with Crippen LogP contribution in [0.25, 0.3) is 11.7 Å². The zero-order valence-corrected chi connectivity index (χ0v) is 16.7. The smallest absolute Gasteiger partial charge is 0.254 e. The molecule has 2 aromatic heterocycles. The molecule has 2 aliphatic rings. The first-order valence-corrected chi connectivity index (χ1v) is 10.1. The van der Waals surface area contributed by atoms with Gasteiger partial charge in [0.05, 0.1) is 12.6 Å². The molecule has 3 aromatic rings. The lowest BCUT2D eigenvalue weighted by Crippen LogP contribution is -2.19. The van der Waals surface area contributed by atoms with Crippen LogP contribution in [0.15, 0.2) is 42.1 Å². The van der Waals surface area contributed by atoms with Crippen molar-refractivity contribution >= 4 is 52.5 Å². The van der Waals surface area contributed by atoms with E-state index in [4.69, 9.17) is 16.6 Å². The molecule has 0 unspecified atom stereocenters. The van der Waals surface area contributed by atoms with Crippen molar-refractivity contribution in [1.29, 1.82) is 0 Å². The van der Waals surface area contributed by atoms with Gasteiger partial charge in [0.1, 0.15) is 11.6 Å². The van der Waals surface area contributed by atoms with Crippen LogP contribution in [0.1, 0.15) is 24.8 Å². The largest absolute Gasteiger partial charge is 0.370 e. The first-order valence-electron chi connectivity index (χ1n) is 9.75. The second-order valence-electron chi connectivity index (χ2n) is 7.55. The average molecular weight is 423 g/mol. The molecular weight excluding hydrogens is 404 g/mol. The number of aromatic nitrogens is 3. The van der Waals surface area contributed by atoms with Gasteiger partial charge >= 0.3 is 0 Å². The van der Waals surface area contributed by atoms with Crippen LogP contribution < -0.4 is 16.0 Å². The quantitative estimate of drug-likeness (QED) is 0.416. The number of halogens is 1. The van der Waals surface area contributed by atoms with E-state index in [1.165, 1.54) is 12.8 Å². The lowest BCUT2D eigenvalue weighted by molar-refractivity contribution is -0.124. The second kappa shape index (κ2) is 7.46. The van der Waals surface area contributed by atoms with E-state index in [0.29, 0.717) is 33.5 Å². The van der Waals surface area contributed by atoms with Gasteiger partial charge in [-0.05, 0) is 43.0 Å². The van der Waals surface area contributed by atoms with E-state index in [9.17, 15) is 9.59 Å². The summed E-state index contributed by atoms with van der Waals surface area (Å²) in [5.41, 5.74) is 2.46. The summed E-state index contributed by atoms with van der Waals surface area (Å²) in [6, 6.07) is 9.29. The Morgan fingerprint density at radius 3 is 2.87 bits per heavy atom. The summed E-state index contributed by atoms with van der Waals surface area (Å²) in [5.74, 6) is 1.43. The highest BCUT2D eigenvalue weighted by Crippen LogP contribution is 2.30. The van der Waals surface area contributed by atoms with Crippen LogP contribution in [0, 0.1) is 5.92 Å². The predicted octanol–water partition coefficient (Wildman–Crippen LogP) is 3.38. The number of nitrogens with one attached hydrogen (secondary N) is 3. The molecule has 1 aliphatic carbocycles. The molecule has 30 heavy (non-hydrogen) atoms. The fourth-order valence-electron chi connectivity index (χ4n) is 3.37. The molecule has 9 heteroatoms. The topological polar surface area (TPSA) is 100 Å². The molecule has 0 atom stereocenters. The van der Waals surface area contributed by atoms with Crippen molar-refractivity contribution in [2.24, 2.45) is 5.92 Å². The minimum absolute atomic E-state index is 0.0589. The number of carbonyl (C=O) groups is 2. The fourth-order valence-corrected chi connectivity index (χ4v) is 3.56. The number of imide groups is 1. The molecule has 0 radical (unpaired) electrons. The van der Waals surface area contributed by atoms with Crippen molar-refractivity contribution in [3.63, 3.8) is 0 Å². The lowest BCUT2D eigenvalue weighted by atomic mass is 10.1. The average Bonchev–Trinajstić information content (AvgIpc) is 3.37. The highest BCUT2D eigenvalue weighted by molar-refractivity contribution is 6.30. The zero-order valence-electron chi connectivity index (χ0n) is 16.0. The molecule has 2 amide bonds. The molecule has 3 heterocycles. The molecule has 1 saturated carbocycles. The van der Waals surface area contributed by atoms with E-state index in [-0.39, 0.29) is 18.2 Å². The fraction of sp³-hybridized carbons (Fsp3) is 0.238. The molecule has 0 bridgehead atoms. The van der Waals surface area contributed by atoms with Gasteiger partial charge in [-0.2, -0.15) is 9.61 Å². The SMILES string of the molecule is O=C1C/C(=C/c2cnn3c(NCC4CC4)cc(Nc4cccc(Cl)c4)nc23)C(=O)N1. The second-order valence-corrected chi connectivity index (χ2v) is 7.98. The van der Waals surface area contributed by atoms with E-state index in [1.54, 1.807) is 22.9 Å². The van der Waals surface area contributed by atoms with Gasteiger partial charge < -0.3 is 10.6 Å². The Bertz CT molecular complexity index is 1200. The Labute approximate surface area is 177 Å². The van der Waals surface area contributed by atoms with E-state index in [1.807, 2.05) is 24.3 Å². The number of nitrogens with zero attached hydrogens (tertiary/aromatic N) is 3. The van der Waals surface area contributed by atoms with E-state index < -0.39 is 0 Å². The minimum Gasteiger partial charge on any atom is -0.370 e. The first kappa shape index (κ1) is 18.6. The molecule has 0 spiro atoms. The summed E-state index contributed by atoms with van der Waals surface area (Å²) in [7, 11) is 0. The van der Waals surface area contributed by atoms with Gasteiger partial charge in [-0.15, -0.1) is 0 Å². The Morgan fingerprint density at radius 1 is 1.27 bits per heavy atom. The number of fused-ring (bicyclic) bond motifs is 1. The predicted molar refractivity (Wildman–Crippen MR) is 115 cm³/mol. The van der Waals surface area contributed by atoms with Crippen LogP contribution in [0.3, 0.4) is 0 Å². The number of anilines is 3. The Kier molecular flexibility index (Phi) is 4.63. The normalized spacial score (nSPS) is 17.6. The van der Waals surface area contributed by atoms with E-state index in [2.05, 4.69) is 21.0 Å². The number of carbonyl (C=O) groups excluding carboxylic acids is 2. The van der Waals surface area contributed by atoms with E-state index >= 15 is 0 Å². The molecule has 1 aromatic carbocycles. The molecule has 1 saturated heterocycles. The summed E-state index contributed by atoms with van der Waals surface area (Å²) >= 11 is 6.10. The number of hydrogen-bond donors (Lipinski definition) is 3. The van der Waals surface area contributed by atoms with Crippen LogP contribution >= 0.6 is 11.6 Å². The maximum Gasteiger partial charge on any atom is 0.254 e. The van der Waals surface area contributed by atoms with Crippen molar-refractivity contribution in [2.75, 3.05) is 17.2 Å². The number of benzene rings is 1. The number of rotatable bonds is 6. The monoisotopic (exact) mass is 422 g/mol. The molecule has 5 rings (SSSR count). The van der Waals surface area contributed by atoms with Crippen molar-refractivity contribution in [3.8, 4) is 0 Å². The Hall–Kier alpha value is -3.39. The van der Waals surface area contributed by atoms with Gasteiger partial charge in [0.25, 0.3) is 5.91 Å². The Balaban J connectivity index is 1.55. The molecule has 1 aliphatic heterocycles. The van der Waals surface area contributed by atoms with Crippen molar-refractivity contribution < 1.29 is 9.59 Å². The van der Waals surface area contributed by atoms with Crippen LogP contribution in [-0.2, 0) is 9.59 Å². The third-order valence-electron chi connectivity index (χ3n) is 5.09. The molecule has 3 N–H and O–H groups in total. The van der Waals surface area contributed by atoms with Gasteiger partial charge in [0.15, 0.2) is 5.65 Å². The van der Waals surface area contributed by atoms with Crippen LogP contribution in [0.4, 0.5) is 17.3 Å². The number of amides is 2. The van der Waals surface area contributed by atoms with Crippen LogP contribution in [-0.4, -0.2) is 33.0 Å². The van der Waals surface area contributed by atoms with Crippen LogP contribution in [0.5, 0.6) is 0 Å². The van der Waals surface area contributed by atoms with Gasteiger partial charge in [-0.25, -0.2) is 4.98 Å². The first-order chi connectivity index (χ1) is 14.5. The van der Waals surface area contributed by atoms with Crippen LogP contribution in [0.2, 0.25) is 5.02 Å². The molecular formula is C21H19ClN6O2. The minimum atomic E-state index is -0.375. The summed E-state index contributed by atoms with van der Waals surface area (Å²) in [6.45, 7) is 0.864. The lowest BCUT2D eigenvalue weighted by Gasteiger charge is -2.12. The highest BCUT2D eigenvalue weighted by atomic mass is 35.5. The van der Waals surface area contributed by atoms with E-state index in [0.717, 1.165) is 18.1 Å². The summed E-state index contributed by atoms with van der Waals surface area (Å²) in [5, 5.41) is 14.1. The standard InChI is InChI=1S/C21H19ClN6O2/c22-15-2-1-3-16(8-15)25-17-9-18(23-10-12-4-5-12)28-20(26-17)14(11-24-28)6-13-7-19(29)27-21(13)30/h1-3,6,8-9,11-12,23H,4-5,7,10H2,(H,25,26)(H,27,29,30)/b13-6-. The number of hydrogen-bond acceptors (Lipinski definition) is 6. The molecule has 152 valence electrons. The summed E-state index contributed by atoms with van der Waals surface area (Å²) in [4.78, 5) is 28.2. The molecule has 2 fully saturated rings. The van der Waals surface area contributed by atoms with Crippen molar-refractivity contribution in [2.45, 2.75) is 19.3 Å². The van der Waals surface area contributed by atoms with Gasteiger partial charge in [0, 0.05) is 34.5 Å². The highest BCUT2D eigenvalue weighted by Gasteiger charge is 2.25. The Morgan fingerprint density at radius 2 is 2.13 bits per heavy atom. The van der Waals surface area contributed by atoms with Crippen molar-refractivity contribution in [3.05, 3.63) is 52.7 Å². The van der Waals surface area contributed by atoms with Gasteiger partial charge in [-0.3, -0.25) is 14.9 Å². The van der Waals surface area contributed by atoms with Gasteiger partial charge in [0.2, 0.25) is 5.91 Å². The maximum absolute atomic E-state index is 12.0. The maximum atomic E-state index is 12.0. The summed E-state index contributed by atoms with van der Waals surface area (Å²) in [6.07, 6.45) is 5.84. The summed E-state index contributed by atoms with van der Waals surface area (Å²) < 4.78 is 1.71. The zero-order chi connectivity index (χ0) is 20.7. The molecule has 8 nitrogen and oxygen atoms in total. The third kappa shape index (κ3) is 3.86. The third-order valence-corrected chi connectivity index (χ3v) is 5.33.